The third-order valence-corrected chi connectivity index (χ3v) is 3.68. The van der Waals surface area contributed by atoms with Crippen LogP contribution in [-0.4, -0.2) is 13.6 Å². The summed E-state index contributed by atoms with van der Waals surface area (Å²) in [5.41, 5.74) is 1.94. The van der Waals surface area contributed by atoms with Crippen molar-refractivity contribution in [3.63, 3.8) is 0 Å². The molecule has 0 saturated heterocycles. The highest BCUT2D eigenvalue weighted by atomic mass is 32.1. The Morgan fingerprint density at radius 1 is 1.28 bits per heavy atom. The molecule has 1 heterocycles. The van der Waals surface area contributed by atoms with Gasteiger partial charge in [0.25, 0.3) is 0 Å². The lowest BCUT2D eigenvalue weighted by atomic mass is 10.2. The van der Waals surface area contributed by atoms with Crippen LogP contribution in [0.1, 0.15) is 11.8 Å². The molecule has 0 aliphatic carbocycles. The second-order valence-electron chi connectivity index (χ2n) is 4.20. The summed E-state index contributed by atoms with van der Waals surface area (Å²) >= 11 is 1.61. The maximum absolute atomic E-state index is 13.6. The molecule has 0 aliphatic rings. The van der Waals surface area contributed by atoms with Gasteiger partial charge in [0.05, 0.1) is 0 Å². The van der Waals surface area contributed by atoms with Crippen LogP contribution < -0.4 is 5.32 Å². The molecular formula is C15H16FNS. The third kappa shape index (κ3) is 3.06. The molecular weight excluding hydrogens is 245 g/mol. The van der Waals surface area contributed by atoms with Gasteiger partial charge in [-0.25, -0.2) is 4.39 Å². The van der Waals surface area contributed by atoms with Gasteiger partial charge in [-0.05, 0) is 38.2 Å². The quantitative estimate of drug-likeness (QED) is 0.870. The Morgan fingerprint density at radius 2 is 2.06 bits per heavy atom. The Hall–Kier alpha value is -1.45. The molecule has 0 radical (unpaired) electrons. The number of benzene rings is 1. The first-order valence-corrected chi connectivity index (χ1v) is 6.69. The fourth-order valence-corrected chi connectivity index (χ4v) is 2.87. The van der Waals surface area contributed by atoms with Gasteiger partial charge in [-0.15, -0.1) is 11.3 Å². The molecule has 1 N–H and O–H groups in total. The summed E-state index contributed by atoms with van der Waals surface area (Å²) in [5, 5.41) is 3.11. The van der Waals surface area contributed by atoms with Crippen LogP contribution in [0.4, 0.5) is 4.39 Å². The van der Waals surface area contributed by atoms with Gasteiger partial charge in [0, 0.05) is 21.9 Å². The summed E-state index contributed by atoms with van der Waals surface area (Å²) in [5.74, 6) is -0.165. The minimum atomic E-state index is -0.165. The number of hydrogen-bond donors (Lipinski definition) is 1. The van der Waals surface area contributed by atoms with Crippen LogP contribution in [0.2, 0.25) is 0 Å². The van der Waals surface area contributed by atoms with E-state index in [1.165, 1.54) is 11.6 Å². The molecule has 0 aliphatic heterocycles. The lowest BCUT2D eigenvalue weighted by molar-refractivity contribution is 0.631. The molecule has 0 bridgehead atoms. The topological polar surface area (TPSA) is 12.0 Å². The number of likely N-dealkylation sites (N-methyl/N-ethyl adjacent to an activating group) is 1. The second-order valence-corrected chi connectivity index (χ2v) is 5.32. The van der Waals surface area contributed by atoms with Crippen LogP contribution in [0.5, 0.6) is 0 Å². The molecule has 0 unspecified atom stereocenters. The molecule has 1 nitrogen and oxygen atoms in total. The zero-order chi connectivity index (χ0) is 13.0. The molecule has 2 aromatic rings. The summed E-state index contributed by atoms with van der Waals surface area (Å²) in [4.78, 5) is 2.12. The van der Waals surface area contributed by atoms with Gasteiger partial charge in [0.15, 0.2) is 0 Å². The molecule has 1 aromatic carbocycles. The minimum Gasteiger partial charge on any atom is -0.316 e. The fraction of sp³-hybridized carbons (Fsp3) is 0.200. The minimum absolute atomic E-state index is 0.165. The number of thiophene rings is 1. The molecule has 18 heavy (non-hydrogen) atoms. The van der Waals surface area contributed by atoms with Crippen LogP contribution in [0.15, 0.2) is 42.0 Å². The van der Waals surface area contributed by atoms with E-state index in [4.69, 9.17) is 0 Å². The van der Waals surface area contributed by atoms with E-state index in [1.54, 1.807) is 17.4 Å². The Balaban J connectivity index is 2.26. The van der Waals surface area contributed by atoms with Crippen molar-refractivity contribution >= 4 is 17.4 Å². The van der Waals surface area contributed by atoms with Gasteiger partial charge >= 0.3 is 0 Å². The molecule has 0 saturated carbocycles. The van der Waals surface area contributed by atoms with Gasteiger partial charge in [-0.1, -0.05) is 23.8 Å². The van der Waals surface area contributed by atoms with Crippen LogP contribution >= 0.6 is 11.3 Å². The SMILES string of the molecule is CNCC(C)=Cc1ccc(-c2ccccc2F)s1. The monoisotopic (exact) mass is 261 g/mol. The Bertz CT molecular complexity index is 557. The van der Waals surface area contributed by atoms with Crippen molar-refractivity contribution < 1.29 is 4.39 Å². The zero-order valence-electron chi connectivity index (χ0n) is 10.5. The first-order valence-electron chi connectivity index (χ1n) is 5.87. The summed E-state index contributed by atoms with van der Waals surface area (Å²) in [6.07, 6.45) is 2.13. The third-order valence-electron chi connectivity index (χ3n) is 2.61. The van der Waals surface area contributed by atoms with E-state index in [-0.39, 0.29) is 5.82 Å². The fourth-order valence-electron chi connectivity index (χ4n) is 1.81. The highest BCUT2D eigenvalue weighted by Gasteiger charge is 2.06. The van der Waals surface area contributed by atoms with Crippen LogP contribution in [0.25, 0.3) is 16.5 Å². The zero-order valence-corrected chi connectivity index (χ0v) is 11.4. The average molecular weight is 261 g/mol. The normalized spacial score (nSPS) is 11.8. The molecule has 94 valence electrons. The van der Waals surface area contributed by atoms with Crippen molar-refractivity contribution in [3.05, 3.63) is 52.7 Å². The highest BCUT2D eigenvalue weighted by Crippen LogP contribution is 2.30. The first-order chi connectivity index (χ1) is 8.70. The number of hydrogen-bond acceptors (Lipinski definition) is 2. The van der Waals surface area contributed by atoms with Gasteiger partial charge in [0.1, 0.15) is 5.82 Å². The predicted octanol–water partition coefficient (Wildman–Crippen LogP) is 4.18. The van der Waals surface area contributed by atoms with Gasteiger partial charge < -0.3 is 5.32 Å². The largest absolute Gasteiger partial charge is 0.316 e. The maximum atomic E-state index is 13.6. The van der Waals surface area contributed by atoms with E-state index in [0.717, 1.165) is 16.3 Å². The number of nitrogens with one attached hydrogen (secondary N) is 1. The van der Waals surface area contributed by atoms with E-state index in [1.807, 2.05) is 31.3 Å². The van der Waals surface area contributed by atoms with E-state index in [9.17, 15) is 4.39 Å². The first kappa shape index (κ1) is 13.0. The standard InChI is InChI=1S/C15H16FNS/c1-11(10-17-2)9-12-7-8-15(18-12)13-5-3-4-6-14(13)16/h3-9,17H,10H2,1-2H3. The van der Waals surface area contributed by atoms with Crippen molar-refractivity contribution in [1.82, 2.24) is 5.32 Å². The highest BCUT2D eigenvalue weighted by molar-refractivity contribution is 7.16. The maximum Gasteiger partial charge on any atom is 0.131 e. The Kier molecular flexibility index (Phi) is 4.28. The van der Waals surface area contributed by atoms with Crippen molar-refractivity contribution in [2.24, 2.45) is 0 Å². The number of halogens is 1. The van der Waals surface area contributed by atoms with Gasteiger partial charge in [-0.3, -0.25) is 0 Å². The van der Waals surface area contributed by atoms with Gasteiger partial charge in [0.2, 0.25) is 0 Å². The van der Waals surface area contributed by atoms with Crippen LogP contribution in [0.3, 0.4) is 0 Å². The summed E-state index contributed by atoms with van der Waals surface area (Å²) < 4.78 is 13.6. The molecule has 3 heteroatoms. The van der Waals surface area contributed by atoms with E-state index in [0.29, 0.717) is 5.56 Å². The lowest BCUT2D eigenvalue weighted by Gasteiger charge is -1.99. The predicted molar refractivity (Wildman–Crippen MR) is 77.3 cm³/mol. The van der Waals surface area contributed by atoms with Crippen molar-refractivity contribution in [1.29, 1.82) is 0 Å². The second kappa shape index (κ2) is 5.94. The Morgan fingerprint density at radius 3 is 2.78 bits per heavy atom. The molecule has 1 aromatic heterocycles. The van der Waals surface area contributed by atoms with Crippen molar-refractivity contribution in [2.45, 2.75) is 6.92 Å². The molecule has 0 atom stereocenters. The summed E-state index contributed by atoms with van der Waals surface area (Å²) in [6.45, 7) is 2.95. The summed E-state index contributed by atoms with van der Waals surface area (Å²) in [7, 11) is 1.93. The summed E-state index contributed by atoms with van der Waals surface area (Å²) in [6, 6.07) is 10.9. The lowest BCUT2D eigenvalue weighted by Crippen LogP contribution is -2.08. The Labute approximate surface area is 111 Å². The smallest absolute Gasteiger partial charge is 0.131 e. The average Bonchev–Trinajstić information content (AvgIpc) is 2.78. The number of rotatable bonds is 4. The van der Waals surface area contributed by atoms with E-state index < -0.39 is 0 Å². The van der Waals surface area contributed by atoms with Crippen LogP contribution in [0, 0.1) is 5.82 Å². The molecule has 0 spiro atoms. The molecule has 0 amide bonds. The molecule has 0 fully saturated rings. The van der Waals surface area contributed by atoms with E-state index >= 15 is 0 Å². The van der Waals surface area contributed by atoms with Crippen molar-refractivity contribution in [2.75, 3.05) is 13.6 Å². The van der Waals surface area contributed by atoms with Gasteiger partial charge in [-0.2, -0.15) is 0 Å². The molecule has 2 rings (SSSR count). The van der Waals surface area contributed by atoms with Crippen molar-refractivity contribution in [3.8, 4) is 10.4 Å². The van der Waals surface area contributed by atoms with E-state index in [2.05, 4.69) is 18.3 Å². The van der Waals surface area contributed by atoms with Crippen LogP contribution in [-0.2, 0) is 0 Å².